The van der Waals surface area contributed by atoms with Gasteiger partial charge in [0, 0.05) is 19.6 Å². The van der Waals surface area contributed by atoms with E-state index in [4.69, 9.17) is 4.74 Å². The summed E-state index contributed by atoms with van der Waals surface area (Å²) in [5.74, 6) is 0.474. The quantitative estimate of drug-likeness (QED) is 0.643. The van der Waals surface area contributed by atoms with E-state index in [2.05, 4.69) is 5.32 Å². The van der Waals surface area contributed by atoms with E-state index in [1.807, 2.05) is 38.1 Å². The number of aryl methyl sites for hydroxylation is 1. The number of carbonyl (C=O) groups excluding carboxylic acids is 1. The third kappa shape index (κ3) is 3.98. The van der Waals surface area contributed by atoms with Crippen LogP contribution in [-0.4, -0.2) is 22.2 Å². The van der Waals surface area contributed by atoms with Crippen LogP contribution in [0.4, 0.5) is 0 Å². The number of benzene rings is 1. The van der Waals surface area contributed by atoms with Crippen molar-refractivity contribution >= 4 is 27.5 Å². The van der Waals surface area contributed by atoms with Crippen LogP contribution in [-0.2, 0) is 13.6 Å². The summed E-state index contributed by atoms with van der Waals surface area (Å²) in [6.07, 6.45) is 1.38. The Balaban J connectivity index is 1.91. The molecule has 0 radical (unpaired) electrons. The molecule has 2 aromatic heterocycles. The monoisotopic (exact) mass is 415 g/mol. The Morgan fingerprint density at radius 3 is 2.41 bits per heavy atom. The summed E-state index contributed by atoms with van der Waals surface area (Å²) in [6.45, 7) is 4.26. The minimum absolute atomic E-state index is 0.155. The zero-order valence-electron chi connectivity index (χ0n) is 17.0. The van der Waals surface area contributed by atoms with Gasteiger partial charge in [-0.3, -0.25) is 18.7 Å². The zero-order chi connectivity index (χ0) is 21.1. The summed E-state index contributed by atoms with van der Waals surface area (Å²) >= 11 is 1.15. The number of carbonyl (C=O) groups is 1. The fraction of sp³-hybridized carbons (Fsp3) is 0.381. The molecular formula is C21H25N3O4S. The Morgan fingerprint density at radius 1 is 1.17 bits per heavy atom. The highest BCUT2D eigenvalue weighted by molar-refractivity contribution is 7.20. The fourth-order valence-corrected chi connectivity index (χ4v) is 4.37. The van der Waals surface area contributed by atoms with Gasteiger partial charge in [0.25, 0.3) is 11.5 Å². The van der Waals surface area contributed by atoms with Crippen LogP contribution in [0.3, 0.4) is 0 Å². The third-order valence-electron chi connectivity index (χ3n) is 5.10. The Hall–Kier alpha value is -2.87. The van der Waals surface area contributed by atoms with Gasteiger partial charge in [0.05, 0.1) is 17.4 Å². The van der Waals surface area contributed by atoms with Gasteiger partial charge < -0.3 is 10.1 Å². The van der Waals surface area contributed by atoms with Gasteiger partial charge in [0.2, 0.25) is 0 Å². The van der Waals surface area contributed by atoms with Crippen molar-refractivity contribution < 1.29 is 9.53 Å². The molecule has 2 heterocycles. The van der Waals surface area contributed by atoms with Gasteiger partial charge in [-0.1, -0.05) is 26.0 Å². The molecule has 0 aliphatic heterocycles. The summed E-state index contributed by atoms with van der Waals surface area (Å²) < 4.78 is 7.90. The van der Waals surface area contributed by atoms with E-state index in [-0.39, 0.29) is 23.2 Å². The molecule has 0 bridgehead atoms. The Morgan fingerprint density at radius 2 is 1.83 bits per heavy atom. The first-order valence-corrected chi connectivity index (χ1v) is 10.4. The molecular weight excluding hydrogens is 390 g/mol. The zero-order valence-corrected chi connectivity index (χ0v) is 17.8. The maximum absolute atomic E-state index is 12.9. The Bertz CT molecular complexity index is 1140. The average molecular weight is 416 g/mol. The minimum Gasteiger partial charge on any atom is -0.497 e. The number of thiophene rings is 1. The van der Waals surface area contributed by atoms with E-state index in [1.54, 1.807) is 20.2 Å². The molecule has 0 saturated carbocycles. The van der Waals surface area contributed by atoms with Crippen molar-refractivity contribution in [3.8, 4) is 5.75 Å². The molecule has 7 nitrogen and oxygen atoms in total. The van der Waals surface area contributed by atoms with Crippen molar-refractivity contribution in [2.45, 2.75) is 39.3 Å². The largest absolute Gasteiger partial charge is 0.497 e. The van der Waals surface area contributed by atoms with Crippen LogP contribution in [0.2, 0.25) is 0 Å². The highest BCUT2D eigenvalue weighted by atomic mass is 32.1. The lowest BCUT2D eigenvalue weighted by atomic mass is 10.1. The average Bonchev–Trinajstić information content (AvgIpc) is 3.20. The Kier molecular flexibility index (Phi) is 6.22. The van der Waals surface area contributed by atoms with Gasteiger partial charge >= 0.3 is 5.69 Å². The highest BCUT2D eigenvalue weighted by Crippen LogP contribution is 2.23. The first kappa shape index (κ1) is 20.9. The van der Waals surface area contributed by atoms with Gasteiger partial charge in [0.1, 0.15) is 10.6 Å². The predicted octanol–water partition coefficient (Wildman–Crippen LogP) is 3.06. The lowest BCUT2D eigenvalue weighted by Crippen LogP contribution is -2.40. The molecule has 154 valence electrons. The van der Waals surface area contributed by atoms with E-state index in [0.717, 1.165) is 22.6 Å². The summed E-state index contributed by atoms with van der Waals surface area (Å²) in [5, 5.41) is 3.26. The summed E-state index contributed by atoms with van der Waals surface area (Å²) in [4.78, 5) is 39.2. The van der Waals surface area contributed by atoms with E-state index in [0.29, 0.717) is 34.5 Å². The molecule has 0 fully saturated rings. The molecule has 3 rings (SSSR count). The van der Waals surface area contributed by atoms with Gasteiger partial charge in [-0.25, -0.2) is 4.79 Å². The highest BCUT2D eigenvalue weighted by Gasteiger charge is 2.20. The Labute approximate surface area is 172 Å². The topological polar surface area (TPSA) is 82.3 Å². The van der Waals surface area contributed by atoms with Gasteiger partial charge in [-0.2, -0.15) is 0 Å². The lowest BCUT2D eigenvalue weighted by Gasteiger charge is -2.16. The molecule has 0 atom stereocenters. The van der Waals surface area contributed by atoms with Crippen LogP contribution in [0.25, 0.3) is 10.2 Å². The number of nitrogens with one attached hydrogen (secondary N) is 1. The van der Waals surface area contributed by atoms with E-state index >= 15 is 0 Å². The molecule has 0 aliphatic carbocycles. The van der Waals surface area contributed by atoms with Crippen LogP contribution in [0.15, 0.2) is 39.9 Å². The first-order valence-electron chi connectivity index (χ1n) is 9.57. The second-order valence-electron chi connectivity index (χ2n) is 6.85. The SMILES string of the molecule is CCC(CC)n1c(=O)c2cc(C(=O)NCc3ccc(OC)cc3)sc2n(C)c1=O. The number of amides is 1. The number of aromatic nitrogens is 2. The number of ether oxygens (including phenoxy) is 1. The van der Waals surface area contributed by atoms with Crippen molar-refractivity contribution in [2.24, 2.45) is 7.05 Å². The maximum Gasteiger partial charge on any atom is 0.332 e. The number of rotatable bonds is 7. The lowest BCUT2D eigenvalue weighted by molar-refractivity contribution is 0.0955. The van der Waals surface area contributed by atoms with E-state index in [9.17, 15) is 14.4 Å². The minimum atomic E-state index is -0.344. The maximum atomic E-state index is 12.9. The molecule has 1 amide bonds. The fourth-order valence-electron chi connectivity index (χ4n) is 3.35. The third-order valence-corrected chi connectivity index (χ3v) is 6.31. The summed E-state index contributed by atoms with van der Waals surface area (Å²) in [5.41, 5.74) is 0.259. The second kappa shape index (κ2) is 8.65. The summed E-state index contributed by atoms with van der Waals surface area (Å²) in [7, 11) is 3.24. The van der Waals surface area contributed by atoms with Crippen molar-refractivity contribution in [1.82, 2.24) is 14.5 Å². The van der Waals surface area contributed by atoms with Crippen LogP contribution in [0.1, 0.15) is 48.0 Å². The first-order chi connectivity index (χ1) is 13.9. The molecule has 29 heavy (non-hydrogen) atoms. The number of nitrogens with zero attached hydrogens (tertiary/aromatic N) is 2. The van der Waals surface area contributed by atoms with E-state index < -0.39 is 0 Å². The molecule has 1 N–H and O–H groups in total. The van der Waals surface area contributed by atoms with Crippen LogP contribution < -0.4 is 21.3 Å². The molecule has 0 spiro atoms. The number of fused-ring (bicyclic) bond motifs is 1. The molecule has 1 aromatic carbocycles. The van der Waals surface area contributed by atoms with Crippen molar-refractivity contribution in [3.63, 3.8) is 0 Å². The van der Waals surface area contributed by atoms with Gasteiger partial charge in [-0.05, 0) is 36.6 Å². The molecule has 0 saturated heterocycles. The van der Waals surface area contributed by atoms with Crippen LogP contribution >= 0.6 is 11.3 Å². The number of hydrogen-bond acceptors (Lipinski definition) is 5. The standard InChI is InChI=1S/C21H25N3O4S/c1-5-14(6-2)24-19(26)16-11-17(29-20(16)23(3)21(24)27)18(25)22-12-13-7-9-15(28-4)10-8-13/h7-11,14H,5-6,12H2,1-4H3,(H,22,25). The second-order valence-corrected chi connectivity index (χ2v) is 7.88. The van der Waals surface area contributed by atoms with Crippen molar-refractivity contribution in [1.29, 1.82) is 0 Å². The van der Waals surface area contributed by atoms with Crippen molar-refractivity contribution in [3.05, 3.63) is 61.6 Å². The van der Waals surface area contributed by atoms with Gasteiger partial charge in [-0.15, -0.1) is 11.3 Å². The van der Waals surface area contributed by atoms with Gasteiger partial charge in [0.15, 0.2) is 0 Å². The summed E-state index contributed by atoms with van der Waals surface area (Å²) in [6, 6.07) is 8.85. The molecule has 0 aliphatic rings. The van der Waals surface area contributed by atoms with Crippen molar-refractivity contribution in [2.75, 3.05) is 7.11 Å². The number of methoxy groups -OCH3 is 1. The molecule has 3 aromatic rings. The smallest absolute Gasteiger partial charge is 0.332 e. The normalized spacial score (nSPS) is 11.2. The predicted molar refractivity (Wildman–Crippen MR) is 115 cm³/mol. The molecule has 8 heteroatoms. The number of hydrogen-bond donors (Lipinski definition) is 1. The van der Waals surface area contributed by atoms with Crippen LogP contribution in [0.5, 0.6) is 5.75 Å². The van der Waals surface area contributed by atoms with Crippen LogP contribution in [0, 0.1) is 0 Å². The molecule has 0 unspecified atom stereocenters. The van der Waals surface area contributed by atoms with E-state index in [1.165, 1.54) is 9.13 Å².